The summed E-state index contributed by atoms with van der Waals surface area (Å²) in [5.74, 6) is 0.589. The molecule has 1 fully saturated rings. The minimum atomic E-state index is 0.356. The third-order valence-electron chi connectivity index (χ3n) is 3.24. The average Bonchev–Trinajstić information content (AvgIpc) is 2.25. The van der Waals surface area contributed by atoms with Crippen LogP contribution in [-0.2, 0) is 6.42 Å². The number of likely N-dealkylation sites (tertiary alicyclic amines) is 1. The van der Waals surface area contributed by atoms with Crippen LogP contribution in [-0.4, -0.2) is 36.1 Å². The van der Waals surface area contributed by atoms with Crippen molar-refractivity contribution in [1.29, 1.82) is 0 Å². The molecule has 1 aromatic heterocycles. The van der Waals surface area contributed by atoms with Gasteiger partial charge in [-0.3, -0.25) is 4.98 Å². The molecule has 1 aliphatic heterocycles. The van der Waals surface area contributed by atoms with Crippen LogP contribution in [0.1, 0.15) is 12.0 Å². The van der Waals surface area contributed by atoms with E-state index in [1.54, 1.807) is 0 Å². The van der Waals surface area contributed by atoms with Crippen LogP contribution in [0.25, 0.3) is 0 Å². The van der Waals surface area contributed by atoms with E-state index in [0.29, 0.717) is 12.0 Å². The summed E-state index contributed by atoms with van der Waals surface area (Å²) in [4.78, 5) is 6.40. The van der Waals surface area contributed by atoms with Gasteiger partial charge in [-0.1, -0.05) is 0 Å². The van der Waals surface area contributed by atoms with Gasteiger partial charge in [0.15, 0.2) is 0 Å². The average molecular weight is 205 g/mol. The Kier molecular flexibility index (Phi) is 3.34. The summed E-state index contributed by atoms with van der Waals surface area (Å²) in [6, 6.07) is 4.53. The van der Waals surface area contributed by atoms with Gasteiger partial charge in [-0.05, 0) is 50.0 Å². The lowest BCUT2D eigenvalue weighted by molar-refractivity contribution is 0.185. The minimum absolute atomic E-state index is 0.356. The number of nitrogens with two attached hydrogens (primary N) is 1. The van der Waals surface area contributed by atoms with E-state index >= 15 is 0 Å². The molecule has 3 nitrogen and oxygen atoms in total. The summed E-state index contributed by atoms with van der Waals surface area (Å²) < 4.78 is 0. The van der Waals surface area contributed by atoms with Crippen molar-refractivity contribution in [1.82, 2.24) is 9.88 Å². The Morgan fingerprint density at radius 3 is 2.93 bits per heavy atom. The Hall–Kier alpha value is -0.930. The van der Waals surface area contributed by atoms with Crippen molar-refractivity contribution in [2.24, 2.45) is 11.7 Å². The lowest BCUT2D eigenvalue weighted by Gasteiger charge is -2.34. The molecule has 2 atom stereocenters. The first-order valence-electron chi connectivity index (χ1n) is 5.59. The molecule has 0 aromatic carbocycles. The fraction of sp³-hybridized carbons (Fsp3) is 0.583. The fourth-order valence-corrected chi connectivity index (χ4v) is 2.27. The van der Waals surface area contributed by atoms with Crippen LogP contribution in [0.3, 0.4) is 0 Å². The summed E-state index contributed by atoms with van der Waals surface area (Å²) in [5, 5.41) is 0. The molecule has 2 N–H and O–H groups in total. The third kappa shape index (κ3) is 2.76. The van der Waals surface area contributed by atoms with Crippen molar-refractivity contribution >= 4 is 0 Å². The van der Waals surface area contributed by atoms with Gasteiger partial charge in [-0.15, -0.1) is 0 Å². The molecule has 0 unspecified atom stereocenters. The van der Waals surface area contributed by atoms with Crippen LogP contribution in [0.15, 0.2) is 24.5 Å². The molecule has 0 spiro atoms. The van der Waals surface area contributed by atoms with Crippen molar-refractivity contribution in [2.75, 3.05) is 20.1 Å². The molecule has 0 amide bonds. The van der Waals surface area contributed by atoms with E-state index in [9.17, 15) is 0 Å². The zero-order chi connectivity index (χ0) is 10.7. The maximum Gasteiger partial charge on any atom is 0.0270 e. The quantitative estimate of drug-likeness (QED) is 0.780. The van der Waals surface area contributed by atoms with E-state index in [2.05, 4.69) is 29.1 Å². The van der Waals surface area contributed by atoms with E-state index in [1.165, 1.54) is 5.56 Å². The van der Waals surface area contributed by atoms with E-state index < -0.39 is 0 Å². The number of aromatic nitrogens is 1. The first-order chi connectivity index (χ1) is 7.25. The monoisotopic (exact) mass is 205 g/mol. The Morgan fingerprint density at radius 2 is 2.20 bits per heavy atom. The van der Waals surface area contributed by atoms with Gasteiger partial charge in [0, 0.05) is 25.0 Å². The van der Waals surface area contributed by atoms with Gasteiger partial charge in [0.05, 0.1) is 0 Å². The van der Waals surface area contributed by atoms with Crippen molar-refractivity contribution in [3.8, 4) is 0 Å². The molecule has 15 heavy (non-hydrogen) atoms. The third-order valence-corrected chi connectivity index (χ3v) is 3.24. The Bertz CT molecular complexity index is 299. The summed E-state index contributed by atoms with van der Waals surface area (Å²) in [5.41, 5.74) is 7.49. The molecule has 2 heterocycles. The SMILES string of the molecule is CN1CC[C@H](N)[C@@H](Cc2ccncc2)C1. The Labute approximate surface area is 91.3 Å². The molecule has 0 saturated carbocycles. The summed E-state index contributed by atoms with van der Waals surface area (Å²) >= 11 is 0. The molecular formula is C12H19N3. The topological polar surface area (TPSA) is 42.1 Å². The van der Waals surface area contributed by atoms with Gasteiger partial charge >= 0.3 is 0 Å². The Morgan fingerprint density at radius 1 is 1.47 bits per heavy atom. The van der Waals surface area contributed by atoms with Crippen LogP contribution in [0.2, 0.25) is 0 Å². The normalized spacial score (nSPS) is 27.9. The molecule has 0 bridgehead atoms. The highest BCUT2D eigenvalue weighted by Gasteiger charge is 2.24. The molecule has 0 radical (unpaired) electrons. The standard InChI is InChI=1S/C12H19N3/c1-15-7-4-12(13)11(9-15)8-10-2-5-14-6-3-10/h2-3,5-6,11-12H,4,7-9,13H2,1H3/t11-,12-/m0/s1. The Balaban J connectivity index is 1.98. The number of rotatable bonds is 2. The molecule has 2 rings (SSSR count). The van der Waals surface area contributed by atoms with Crippen molar-refractivity contribution in [3.05, 3.63) is 30.1 Å². The van der Waals surface area contributed by atoms with E-state index in [0.717, 1.165) is 25.9 Å². The predicted molar refractivity (Wildman–Crippen MR) is 61.5 cm³/mol. The number of hydrogen-bond acceptors (Lipinski definition) is 3. The first kappa shape index (κ1) is 10.6. The molecule has 1 aliphatic rings. The number of piperidine rings is 1. The second-order valence-electron chi connectivity index (χ2n) is 4.53. The van der Waals surface area contributed by atoms with Crippen LogP contribution in [0, 0.1) is 5.92 Å². The minimum Gasteiger partial charge on any atom is -0.327 e. The van der Waals surface area contributed by atoms with E-state index in [1.807, 2.05) is 12.4 Å². The molecule has 1 aromatic rings. The molecule has 0 aliphatic carbocycles. The van der Waals surface area contributed by atoms with Crippen molar-refractivity contribution in [3.63, 3.8) is 0 Å². The van der Waals surface area contributed by atoms with Gasteiger partial charge in [0.25, 0.3) is 0 Å². The smallest absolute Gasteiger partial charge is 0.0270 e. The highest BCUT2D eigenvalue weighted by atomic mass is 15.1. The molecule has 1 saturated heterocycles. The number of nitrogens with zero attached hydrogens (tertiary/aromatic N) is 2. The zero-order valence-electron chi connectivity index (χ0n) is 9.26. The summed E-state index contributed by atoms with van der Waals surface area (Å²) in [7, 11) is 2.17. The fourth-order valence-electron chi connectivity index (χ4n) is 2.27. The maximum absolute atomic E-state index is 6.15. The van der Waals surface area contributed by atoms with Gasteiger partial charge in [0.1, 0.15) is 0 Å². The van der Waals surface area contributed by atoms with Crippen molar-refractivity contribution in [2.45, 2.75) is 18.9 Å². The van der Waals surface area contributed by atoms with Gasteiger partial charge in [0.2, 0.25) is 0 Å². The number of hydrogen-bond donors (Lipinski definition) is 1. The van der Waals surface area contributed by atoms with Crippen LogP contribution in [0.5, 0.6) is 0 Å². The van der Waals surface area contributed by atoms with E-state index in [4.69, 9.17) is 5.73 Å². The molecule has 82 valence electrons. The number of pyridine rings is 1. The van der Waals surface area contributed by atoms with Crippen LogP contribution in [0.4, 0.5) is 0 Å². The summed E-state index contributed by atoms with van der Waals surface area (Å²) in [6.45, 7) is 2.25. The second-order valence-corrected chi connectivity index (χ2v) is 4.53. The zero-order valence-corrected chi connectivity index (χ0v) is 9.26. The largest absolute Gasteiger partial charge is 0.327 e. The van der Waals surface area contributed by atoms with Gasteiger partial charge in [-0.2, -0.15) is 0 Å². The molecular weight excluding hydrogens is 186 g/mol. The van der Waals surface area contributed by atoms with Crippen LogP contribution >= 0.6 is 0 Å². The maximum atomic E-state index is 6.15. The second kappa shape index (κ2) is 4.73. The highest BCUT2D eigenvalue weighted by molar-refractivity contribution is 5.11. The van der Waals surface area contributed by atoms with Gasteiger partial charge in [-0.25, -0.2) is 0 Å². The van der Waals surface area contributed by atoms with Crippen LogP contribution < -0.4 is 5.73 Å². The first-order valence-corrected chi connectivity index (χ1v) is 5.59. The predicted octanol–water partition coefficient (Wildman–Crippen LogP) is 0.903. The van der Waals surface area contributed by atoms with E-state index in [-0.39, 0.29) is 0 Å². The van der Waals surface area contributed by atoms with Gasteiger partial charge < -0.3 is 10.6 Å². The molecule has 3 heteroatoms. The summed E-state index contributed by atoms with van der Waals surface area (Å²) in [6.07, 6.45) is 5.90. The lowest BCUT2D eigenvalue weighted by atomic mass is 9.88. The van der Waals surface area contributed by atoms with Crippen molar-refractivity contribution < 1.29 is 0 Å². The lowest BCUT2D eigenvalue weighted by Crippen LogP contribution is -2.46. The highest BCUT2D eigenvalue weighted by Crippen LogP contribution is 2.18.